The molecular formula is C10H21N3O3S. The van der Waals surface area contributed by atoms with Crippen molar-refractivity contribution in [1.82, 2.24) is 14.5 Å². The van der Waals surface area contributed by atoms with E-state index in [1.807, 2.05) is 6.92 Å². The molecule has 0 aromatic rings. The van der Waals surface area contributed by atoms with Gasteiger partial charge in [-0.05, 0) is 13.8 Å². The van der Waals surface area contributed by atoms with Gasteiger partial charge in [0.25, 0.3) is 0 Å². The number of rotatable bonds is 3. The Labute approximate surface area is 103 Å². The standard InChI is InChI=1S/C10H21N3O3S/c1-8-7-13(6-5-11-8)17(15,16)9(2)10(14)12(3)4/h8-9,11H,5-7H2,1-4H3/t8-,9?/m1/s1. The highest BCUT2D eigenvalue weighted by Gasteiger charge is 2.36. The second-order valence-corrected chi connectivity index (χ2v) is 6.89. The van der Waals surface area contributed by atoms with E-state index in [1.165, 1.54) is 16.1 Å². The second-order valence-electron chi connectivity index (χ2n) is 4.63. The zero-order valence-electron chi connectivity index (χ0n) is 10.8. The summed E-state index contributed by atoms with van der Waals surface area (Å²) in [6, 6.07) is 0.125. The first kappa shape index (κ1) is 14.4. The molecule has 1 N–H and O–H groups in total. The highest BCUT2D eigenvalue weighted by molar-refractivity contribution is 7.90. The van der Waals surface area contributed by atoms with Gasteiger partial charge >= 0.3 is 0 Å². The zero-order valence-corrected chi connectivity index (χ0v) is 11.6. The Bertz CT molecular complexity index is 380. The van der Waals surface area contributed by atoms with E-state index in [4.69, 9.17) is 0 Å². The Kier molecular flexibility index (Phi) is 4.51. The van der Waals surface area contributed by atoms with Crippen LogP contribution in [0.3, 0.4) is 0 Å². The highest BCUT2D eigenvalue weighted by Crippen LogP contribution is 2.13. The van der Waals surface area contributed by atoms with Crippen molar-refractivity contribution in [2.24, 2.45) is 0 Å². The molecule has 2 atom stereocenters. The Hall–Kier alpha value is -0.660. The fraction of sp³-hybridized carbons (Fsp3) is 0.900. The van der Waals surface area contributed by atoms with Crippen LogP contribution in [0.25, 0.3) is 0 Å². The van der Waals surface area contributed by atoms with E-state index in [-0.39, 0.29) is 11.9 Å². The zero-order chi connectivity index (χ0) is 13.2. The smallest absolute Gasteiger partial charge is 0.241 e. The van der Waals surface area contributed by atoms with Crippen LogP contribution in [-0.4, -0.2) is 68.6 Å². The molecule has 0 saturated carbocycles. The van der Waals surface area contributed by atoms with Gasteiger partial charge in [0.1, 0.15) is 0 Å². The average molecular weight is 263 g/mol. The number of carbonyl (C=O) groups is 1. The summed E-state index contributed by atoms with van der Waals surface area (Å²) in [5, 5.41) is 2.16. The Balaban J connectivity index is 2.83. The highest BCUT2D eigenvalue weighted by atomic mass is 32.2. The molecule has 7 heteroatoms. The lowest BCUT2D eigenvalue weighted by atomic mass is 10.3. The minimum Gasteiger partial charge on any atom is -0.348 e. The van der Waals surface area contributed by atoms with Gasteiger partial charge in [0.15, 0.2) is 5.25 Å². The maximum absolute atomic E-state index is 12.2. The van der Waals surface area contributed by atoms with E-state index in [9.17, 15) is 13.2 Å². The van der Waals surface area contributed by atoms with Crippen molar-refractivity contribution in [1.29, 1.82) is 0 Å². The molecule has 6 nitrogen and oxygen atoms in total. The first-order chi connectivity index (χ1) is 7.76. The maximum atomic E-state index is 12.2. The predicted octanol–water partition coefficient (Wildman–Crippen LogP) is -0.913. The van der Waals surface area contributed by atoms with Crippen molar-refractivity contribution >= 4 is 15.9 Å². The number of nitrogens with zero attached hydrogens (tertiary/aromatic N) is 2. The molecule has 1 fully saturated rings. The van der Waals surface area contributed by atoms with Gasteiger partial charge in [-0.1, -0.05) is 0 Å². The summed E-state index contributed by atoms with van der Waals surface area (Å²) < 4.78 is 25.9. The van der Waals surface area contributed by atoms with E-state index >= 15 is 0 Å². The molecule has 0 aliphatic carbocycles. The summed E-state index contributed by atoms with van der Waals surface area (Å²) in [6.45, 7) is 4.86. The van der Waals surface area contributed by atoms with Crippen LogP contribution < -0.4 is 5.32 Å². The number of nitrogens with one attached hydrogen (secondary N) is 1. The Morgan fingerprint density at radius 1 is 1.47 bits per heavy atom. The summed E-state index contributed by atoms with van der Waals surface area (Å²) >= 11 is 0. The summed E-state index contributed by atoms with van der Waals surface area (Å²) in [4.78, 5) is 13.0. The van der Waals surface area contributed by atoms with Crippen LogP contribution in [0.1, 0.15) is 13.8 Å². The van der Waals surface area contributed by atoms with E-state index in [0.717, 1.165) is 0 Å². The SMILES string of the molecule is CC(C(=O)N(C)C)S(=O)(=O)N1CCN[C@H](C)C1. The minimum absolute atomic E-state index is 0.125. The van der Waals surface area contributed by atoms with E-state index < -0.39 is 15.3 Å². The first-order valence-electron chi connectivity index (χ1n) is 5.70. The molecule has 1 aliphatic heterocycles. The van der Waals surface area contributed by atoms with Crippen molar-refractivity contribution < 1.29 is 13.2 Å². The monoisotopic (exact) mass is 263 g/mol. The van der Waals surface area contributed by atoms with Crippen molar-refractivity contribution in [2.75, 3.05) is 33.7 Å². The number of carbonyl (C=O) groups excluding carboxylic acids is 1. The van der Waals surface area contributed by atoms with Crippen molar-refractivity contribution in [3.05, 3.63) is 0 Å². The van der Waals surface area contributed by atoms with Gasteiger partial charge in [-0.3, -0.25) is 4.79 Å². The molecule has 1 aliphatic rings. The number of piperazine rings is 1. The van der Waals surface area contributed by atoms with Gasteiger partial charge in [-0.25, -0.2) is 8.42 Å². The van der Waals surface area contributed by atoms with Gasteiger partial charge in [-0.15, -0.1) is 0 Å². The fourth-order valence-corrected chi connectivity index (χ4v) is 3.53. The van der Waals surface area contributed by atoms with Gasteiger partial charge < -0.3 is 10.2 Å². The Morgan fingerprint density at radius 3 is 2.53 bits per heavy atom. The lowest BCUT2D eigenvalue weighted by molar-refractivity contribution is -0.128. The molecule has 100 valence electrons. The average Bonchev–Trinajstić information content (AvgIpc) is 2.26. The number of sulfonamides is 1. The largest absolute Gasteiger partial charge is 0.348 e. The molecule has 0 aromatic carbocycles. The van der Waals surface area contributed by atoms with E-state index in [2.05, 4.69) is 5.32 Å². The summed E-state index contributed by atoms with van der Waals surface area (Å²) in [7, 11) is -0.409. The topological polar surface area (TPSA) is 69.7 Å². The Morgan fingerprint density at radius 2 is 2.06 bits per heavy atom. The molecule has 0 spiro atoms. The third kappa shape index (κ3) is 3.17. The van der Waals surface area contributed by atoms with Crippen LogP contribution in [0.2, 0.25) is 0 Å². The molecule has 1 saturated heterocycles. The van der Waals surface area contributed by atoms with Crippen LogP contribution >= 0.6 is 0 Å². The quantitative estimate of drug-likeness (QED) is 0.715. The number of amides is 1. The molecule has 0 bridgehead atoms. The lowest BCUT2D eigenvalue weighted by Crippen LogP contribution is -2.54. The fourth-order valence-electron chi connectivity index (χ4n) is 1.84. The molecule has 0 radical (unpaired) electrons. The van der Waals surface area contributed by atoms with Gasteiger partial charge in [0, 0.05) is 39.8 Å². The number of hydrogen-bond acceptors (Lipinski definition) is 4. The molecule has 1 rings (SSSR count). The summed E-state index contributed by atoms with van der Waals surface area (Å²) in [5.41, 5.74) is 0. The predicted molar refractivity (Wildman–Crippen MR) is 66.1 cm³/mol. The second kappa shape index (κ2) is 5.32. The lowest BCUT2D eigenvalue weighted by Gasteiger charge is -2.33. The third-order valence-corrected chi connectivity index (χ3v) is 5.07. The molecule has 1 heterocycles. The van der Waals surface area contributed by atoms with Crippen LogP contribution in [0, 0.1) is 0 Å². The molecule has 0 aromatic heterocycles. The maximum Gasteiger partial charge on any atom is 0.241 e. The normalized spacial score (nSPS) is 24.4. The third-order valence-electron chi connectivity index (χ3n) is 2.93. The van der Waals surface area contributed by atoms with Crippen molar-refractivity contribution in [3.8, 4) is 0 Å². The van der Waals surface area contributed by atoms with Crippen LogP contribution in [0.4, 0.5) is 0 Å². The van der Waals surface area contributed by atoms with E-state index in [1.54, 1.807) is 14.1 Å². The summed E-state index contributed by atoms with van der Waals surface area (Å²) in [5.74, 6) is -0.379. The van der Waals surface area contributed by atoms with E-state index in [0.29, 0.717) is 19.6 Å². The molecule has 1 amide bonds. The molecular weight excluding hydrogens is 242 g/mol. The van der Waals surface area contributed by atoms with Crippen LogP contribution in [0.5, 0.6) is 0 Å². The first-order valence-corrected chi connectivity index (χ1v) is 7.20. The van der Waals surface area contributed by atoms with Crippen molar-refractivity contribution in [2.45, 2.75) is 25.1 Å². The van der Waals surface area contributed by atoms with Gasteiger partial charge in [0.2, 0.25) is 15.9 Å². The van der Waals surface area contributed by atoms with Gasteiger partial charge in [-0.2, -0.15) is 4.31 Å². The molecule has 1 unspecified atom stereocenters. The molecule has 17 heavy (non-hydrogen) atoms. The minimum atomic E-state index is -3.54. The van der Waals surface area contributed by atoms with Gasteiger partial charge in [0.05, 0.1) is 0 Å². The van der Waals surface area contributed by atoms with Crippen LogP contribution in [-0.2, 0) is 14.8 Å². The van der Waals surface area contributed by atoms with Crippen molar-refractivity contribution in [3.63, 3.8) is 0 Å². The number of hydrogen-bond donors (Lipinski definition) is 1. The summed E-state index contributed by atoms with van der Waals surface area (Å²) in [6.07, 6.45) is 0. The van der Waals surface area contributed by atoms with Crippen LogP contribution in [0.15, 0.2) is 0 Å².